The van der Waals surface area contributed by atoms with E-state index in [1.54, 1.807) is 18.5 Å². The maximum Gasteiger partial charge on any atom is 0.101 e. The van der Waals surface area contributed by atoms with Crippen LogP contribution in [-0.4, -0.2) is 22.5 Å². The molecule has 4 heteroatoms. The lowest BCUT2D eigenvalue weighted by Gasteiger charge is -2.23. The summed E-state index contributed by atoms with van der Waals surface area (Å²) in [5, 5.41) is 12.3. The van der Waals surface area contributed by atoms with Gasteiger partial charge in [0.1, 0.15) is 6.07 Å². The van der Waals surface area contributed by atoms with Crippen LogP contribution in [0.1, 0.15) is 18.4 Å². The molecule has 0 aliphatic carbocycles. The van der Waals surface area contributed by atoms with Gasteiger partial charge in [0.05, 0.1) is 17.4 Å². The van der Waals surface area contributed by atoms with Crippen molar-refractivity contribution in [2.75, 3.05) is 16.8 Å². The average molecular weight is 219 g/mol. The number of nitriles is 1. The summed E-state index contributed by atoms with van der Waals surface area (Å²) in [5.74, 6) is 2.42. The first-order valence-corrected chi connectivity index (χ1v) is 6.24. The van der Waals surface area contributed by atoms with Crippen LogP contribution in [-0.2, 0) is 0 Å². The van der Waals surface area contributed by atoms with Gasteiger partial charge in [-0.25, -0.2) is 0 Å². The van der Waals surface area contributed by atoms with E-state index in [0.717, 1.165) is 5.69 Å². The molecule has 2 heterocycles. The number of aromatic nitrogens is 1. The lowest BCUT2D eigenvalue weighted by atomic mass is 10.1. The summed E-state index contributed by atoms with van der Waals surface area (Å²) in [4.78, 5) is 4.04. The summed E-state index contributed by atoms with van der Waals surface area (Å²) < 4.78 is 0. The third-order valence-corrected chi connectivity index (χ3v) is 3.57. The van der Waals surface area contributed by atoms with E-state index in [0.29, 0.717) is 11.6 Å². The van der Waals surface area contributed by atoms with Gasteiger partial charge < -0.3 is 5.32 Å². The van der Waals surface area contributed by atoms with Crippen molar-refractivity contribution in [2.24, 2.45) is 0 Å². The summed E-state index contributed by atoms with van der Waals surface area (Å²) in [5.41, 5.74) is 1.56. The van der Waals surface area contributed by atoms with Crippen LogP contribution in [0, 0.1) is 11.3 Å². The molecule has 0 unspecified atom stereocenters. The fraction of sp³-hybridized carbons (Fsp3) is 0.455. The molecule has 0 atom stereocenters. The zero-order valence-corrected chi connectivity index (χ0v) is 9.26. The summed E-state index contributed by atoms with van der Waals surface area (Å²) >= 11 is 2.00. The Kier molecular flexibility index (Phi) is 3.46. The lowest BCUT2D eigenvalue weighted by Crippen LogP contribution is -2.24. The van der Waals surface area contributed by atoms with Crippen molar-refractivity contribution in [3.05, 3.63) is 24.0 Å². The minimum Gasteiger partial charge on any atom is -0.380 e. The van der Waals surface area contributed by atoms with Crippen molar-refractivity contribution in [3.8, 4) is 6.07 Å². The van der Waals surface area contributed by atoms with E-state index in [9.17, 15) is 0 Å². The molecule has 0 aromatic carbocycles. The van der Waals surface area contributed by atoms with Crippen molar-refractivity contribution in [2.45, 2.75) is 18.9 Å². The van der Waals surface area contributed by atoms with Gasteiger partial charge in [0.2, 0.25) is 0 Å². The highest BCUT2D eigenvalue weighted by Gasteiger charge is 2.14. The highest BCUT2D eigenvalue weighted by Crippen LogP contribution is 2.22. The summed E-state index contributed by atoms with van der Waals surface area (Å²) in [7, 11) is 0. The number of rotatable bonds is 2. The minimum atomic E-state index is 0.502. The van der Waals surface area contributed by atoms with Gasteiger partial charge in [0.15, 0.2) is 0 Å². The maximum atomic E-state index is 8.93. The van der Waals surface area contributed by atoms with Crippen LogP contribution in [0.25, 0.3) is 0 Å². The highest BCUT2D eigenvalue weighted by atomic mass is 32.2. The molecule has 78 valence electrons. The van der Waals surface area contributed by atoms with Crippen LogP contribution in [0.2, 0.25) is 0 Å². The largest absolute Gasteiger partial charge is 0.380 e. The second kappa shape index (κ2) is 5.04. The molecule has 1 aliphatic heterocycles. The fourth-order valence-corrected chi connectivity index (χ4v) is 2.78. The van der Waals surface area contributed by atoms with Crippen molar-refractivity contribution in [3.63, 3.8) is 0 Å². The van der Waals surface area contributed by atoms with Crippen LogP contribution in [0.3, 0.4) is 0 Å². The van der Waals surface area contributed by atoms with Crippen molar-refractivity contribution in [1.82, 2.24) is 4.98 Å². The zero-order chi connectivity index (χ0) is 10.5. The third kappa shape index (κ3) is 2.63. The number of pyridine rings is 1. The Bertz CT molecular complexity index is 366. The molecule has 1 N–H and O–H groups in total. The molecule has 0 bridgehead atoms. The van der Waals surface area contributed by atoms with Gasteiger partial charge in [-0.1, -0.05) is 0 Å². The fourth-order valence-electron chi connectivity index (χ4n) is 1.67. The van der Waals surface area contributed by atoms with E-state index in [4.69, 9.17) is 5.26 Å². The second-order valence-corrected chi connectivity index (χ2v) is 4.79. The standard InChI is InChI=1S/C11H13N3S/c12-7-9-1-4-13-8-11(9)14-10-2-5-15-6-3-10/h1,4,8,10,14H,2-3,5-6H2. The normalized spacial score (nSPS) is 17.0. The van der Waals surface area contributed by atoms with Crippen molar-refractivity contribution >= 4 is 17.4 Å². The Morgan fingerprint density at radius 1 is 1.47 bits per heavy atom. The first-order chi connectivity index (χ1) is 7.40. The molecule has 1 fully saturated rings. The highest BCUT2D eigenvalue weighted by molar-refractivity contribution is 7.99. The Morgan fingerprint density at radius 3 is 3.00 bits per heavy atom. The smallest absolute Gasteiger partial charge is 0.101 e. The molecule has 1 aromatic heterocycles. The van der Waals surface area contributed by atoms with Crippen molar-refractivity contribution in [1.29, 1.82) is 5.26 Å². The number of nitrogens with zero attached hydrogens (tertiary/aromatic N) is 2. The molecular weight excluding hydrogens is 206 g/mol. The van der Waals surface area contributed by atoms with Gasteiger partial charge in [-0.3, -0.25) is 4.98 Å². The van der Waals surface area contributed by atoms with Crippen molar-refractivity contribution < 1.29 is 0 Å². The predicted octanol–water partition coefficient (Wildman–Crippen LogP) is 2.26. The molecule has 0 amide bonds. The van der Waals surface area contributed by atoms with Crippen LogP contribution >= 0.6 is 11.8 Å². The zero-order valence-electron chi connectivity index (χ0n) is 8.44. The Labute approximate surface area is 93.9 Å². The molecule has 15 heavy (non-hydrogen) atoms. The average Bonchev–Trinajstić information content (AvgIpc) is 2.31. The van der Waals surface area contributed by atoms with E-state index in [2.05, 4.69) is 16.4 Å². The SMILES string of the molecule is N#Cc1ccncc1NC1CCSCC1. The van der Waals surface area contributed by atoms with E-state index in [-0.39, 0.29) is 0 Å². The Morgan fingerprint density at radius 2 is 2.27 bits per heavy atom. The molecule has 0 radical (unpaired) electrons. The number of anilines is 1. The number of hydrogen-bond acceptors (Lipinski definition) is 4. The number of nitrogens with one attached hydrogen (secondary N) is 1. The molecule has 1 aromatic rings. The summed E-state index contributed by atoms with van der Waals surface area (Å²) in [6, 6.07) is 4.43. The van der Waals surface area contributed by atoms with Gasteiger partial charge in [0, 0.05) is 12.2 Å². The van der Waals surface area contributed by atoms with Crippen LogP contribution in [0.5, 0.6) is 0 Å². The van der Waals surface area contributed by atoms with Gasteiger partial charge in [-0.2, -0.15) is 17.0 Å². The van der Waals surface area contributed by atoms with Crippen LogP contribution in [0.4, 0.5) is 5.69 Å². The molecule has 1 aliphatic rings. The van der Waals surface area contributed by atoms with E-state index in [1.807, 2.05) is 11.8 Å². The van der Waals surface area contributed by atoms with Gasteiger partial charge >= 0.3 is 0 Å². The summed E-state index contributed by atoms with van der Waals surface area (Å²) in [6.45, 7) is 0. The molecular formula is C11H13N3S. The van der Waals surface area contributed by atoms with Gasteiger partial charge in [0.25, 0.3) is 0 Å². The monoisotopic (exact) mass is 219 g/mol. The third-order valence-electron chi connectivity index (χ3n) is 2.52. The predicted molar refractivity (Wildman–Crippen MR) is 62.9 cm³/mol. The van der Waals surface area contributed by atoms with Crippen LogP contribution < -0.4 is 5.32 Å². The number of hydrogen-bond donors (Lipinski definition) is 1. The quantitative estimate of drug-likeness (QED) is 0.829. The summed E-state index contributed by atoms with van der Waals surface area (Å²) in [6.07, 6.45) is 5.73. The molecule has 0 saturated carbocycles. The lowest BCUT2D eigenvalue weighted by molar-refractivity contribution is 0.666. The first-order valence-electron chi connectivity index (χ1n) is 5.08. The van der Waals surface area contributed by atoms with Crippen LogP contribution in [0.15, 0.2) is 18.5 Å². The first kappa shape index (κ1) is 10.3. The second-order valence-electron chi connectivity index (χ2n) is 3.56. The molecule has 3 nitrogen and oxygen atoms in total. The van der Waals surface area contributed by atoms with Gasteiger partial charge in [-0.05, 0) is 30.4 Å². The number of thioether (sulfide) groups is 1. The Hall–Kier alpha value is -1.21. The van der Waals surface area contributed by atoms with E-state index in [1.165, 1.54) is 24.3 Å². The maximum absolute atomic E-state index is 8.93. The van der Waals surface area contributed by atoms with Gasteiger partial charge in [-0.15, -0.1) is 0 Å². The Balaban J connectivity index is 2.06. The molecule has 2 rings (SSSR count). The minimum absolute atomic E-state index is 0.502. The van der Waals surface area contributed by atoms with E-state index >= 15 is 0 Å². The topological polar surface area (TPSA) is 48.7 Å². The van der Waals surface area contributed by atoms with E-state index < -0.39 is 0 Å². The molecule has 1 saturated heterocycles. The molecule has 0 spiro atoms.